The van der Waals surface area contributed by atoms with Gasteiger partial charge in [0.15, 0.2) is 0 Å². The Morgan fingerprint density at radius 1 is 1.08 bits per heavy atom. The Morgan fingerprint density at radius 3 is 2.69 bits per heavy atom. The molecule has 0 amide bonds. The molecule has 2 aliphatic rings. The first-order chi connectivity index (χ1) is 12.6. The minimum atomic E-state index is -0.375. The Balaban J connectivity index is 1.38. The Kier molecular flexibility index (Phi) is 5.01. The molecule has 1 fully saturated rings. The van der Waals surface area contributed by atoms with Crippen molar-refractivity contribution in [3.05, 3.63) is 65.2 Å². The highest BCUT2D eigenvalue weighted by Gasteiger charge is 2.36. The molecular formula is C23H29NO2. The van der Waals surface area contributed by atoms with Gasteiger partial charge in [0.1, 0.15) is 5.75 Å². The van der Waals surface area contributed by atoms with Gasteiger partial charge in [0.25, 0.3) is 0 Å². The number of benzene rings is 2. The Bertz CT molecular complexity index is 745. The van der Waals surface area contributed by atoms with Crippen LogP contribution in [0.2, 0.25) is 0 Å². The normalized spacial score (nSPS) is 27.9. The second-order valence-corrected chi connectivity index (χ2v) is 8.22. The Morgan fingerprint density at radius 2 is 1.92 bits per heavy atom. The second kappa shape index (κ2) is 7.42. The maximum atomic E-state index is 9.51. The number of ether oxygens (including phenoxy) is 1. The SMILES string of the molecule is N[C@]1(CO)CC[C@H](c2ccc3c(c2)CC[C@H](COc2ccccc2)C3)C1. The van der Waals surface area contributed by atoms with Gasteiger partial charge in [0, 0.05) is 5.54 Å². The Labute approximate surface area is 156 Å². The first kappa shape index (κ1) is 17.6. The molecule has 0 radical (unpaired) electrons. The highest BCUT2D eigenvalue weighted by atomic mass is 16.5. The molecule has 0 bridgehead atoms. The number of rotatable bonds is 5. The molecule has 3 nitrogen and oxygen atoms in total. The quantitative estimate of drug-likeness (QED) is 0.861. The molecule has 2 aromatic rings. The van der Waals surface area contributed by atoms with E-state index in [4.69, 9.17) is 10.5 Å². The summed E-state index contributed by atoms with van der Waals surface area (Å²) in [6.45, 7) is 0.886. The lowest BCUT2D eigenvalue weighted by atomic mass is 9.82. The van der Waals surface area contributed by atoms with Crippen LogP contribution in [0.5, 0.6) is 5.75 Å². The third-order valence-electron chi connectivity index (χ3n) is 6.22. The number of hydrogen-bond acceptors (Lipinski definition) is 3. The minimum Gasteiger partial charge on any atom is -0.493 e. The highest BCUT2D eigenvalue weighted by molar-refractivity contribution is 5.36. The van der Waals surface area contributed by atoms with E-state index in [-0.39, 0.29) is 12.1 Å². The van der Waals surface area contributed by atoms with Crippen molar-refractivity contribution in [3.63, 3.8) is 0 Å². The number of fused-ring (bicyclic) bond motifs is 1. The third kappa shape index (κ3) is 3.79. The van der Waals surface area contributed by atoms with Crippen molar-refractivity contribution >= 4 is 0 Å². The molecule has 0 unspecified atom stereocenters. The fraction of sp³-hybridized carbons (Fsp3) is 0.478. The van der Waals surface area contributed by atoms with E-state index in [1.807, 2.05) is 30.3 Å². The van der Waals surface area contributed by atoms with Gasteiger partial charge in [-0.1, -0.05) is 36.4 Å². The molecule has 138 valence electrons. The minimum absolute atomic E-state index is 0.0948. The molecule has 0 spiro atoms. The fourth-order valence-electron chi connectivity index (χ4n) is 4.56. The molecule has 3 atom stereocenters. The largest absolute Gasteiger partial charge is 0.493 e. The van der Waals surface area contributed by atoms with E-state index in [0.29, 0.717) is 11.8 Å². The van der Waals surface area contributed by atoms with Crippen LogP contribution in [-0.2, 0) is 12.8 Å². The van der Waals surface area contributed by atoms with E-state index in [0.717, 1.165) is 44.5 Å². The van der Waals surface area contributed by atoms with Crippen LogP contribution in [0.1, 0.15) is 48.3 Å². The number of aryl methyl sites for hydroxylation is 1. The molecule has 3 N–H and O–H groups in total. The van der Waals surface area contributed by atoms with Crippen molar-refractivity contribution in [2.45, 2.75) is 50.0 Å². The lowest BCUT2D eigenvalue weighted by molar-refractivity contribution is 0.198. The summed E-state index contributed by atoms with van der Waals surface area (Å²) in [7, 11) is 0. The Hall–Kier alpha value is -1.84. The van der Waals surface area contributed by atoms with Crippen LogP contribution in [0, 0.1) is 5.92 Å². The number of hydrogen-bond donors (Lipinski definition) is 2. The van der Waals surface area contributed by atoms with Crippen molar-refractivity contribution in [3.8, 4) is 5.75 Å². The summed E-state index contributed by atoms with van der Waals surface area (Å²) < 4.78 is 5.96. The van der Waals surface area contributed by atoms with Gasteiger partial charge in [-0.25, -0.2) is 0 Å². The molecular weight excluding hydrogens is 322 g/mol. The number of nitrogens with two attached hydrogens (primary N) is 1. The topological polar surface area (TPSA) is 55.5 Å². The summed E-state index contributed by atoms with van der Waals surface area (Å²) in [5.74, 6) is 2.05. The van der Waals surface area contributed by atoms with E-state index in [1.54, 1.807) is 0 Å². The van der Waals surface area contributed by atoms with Crippen molar-refractivity contribution in [2.24, 2.45) is 11.7 Å². The van der Waals surface area contributed by atoms with E-state index >= 15 is 0 Å². The summed E-state index contributed by atoms with van der Waals surface area (Å²) in [4.78, 5) is 0. The maximum Gasteiger partial charge on any atom is 0.119 e. The van der Waals surface area contributed by atoms with Gasteiger partial charge in [-0.15, -0.1) is 0 Å². The predicted molar refractivity (Wildman–Crippen MR) is 104 cm³/mol. The van der Waals surface area contributed by atoms with Crippen LogP contribution < -0.4 is 10.5 Å². The van der Waals surface area contributed by atoms with E-state index in [2.05, 4.69) is 18.2 Å². The number of aliphatic hydroxyl groups excluding tert-OH is 1. The molecule has 4 rings (SSSR count). The highest BCUT2D eigenvalue weighted by Crippen LogP contribution is 2.40. The predicted octanol–water partition coefficient (Wildman–Crippen LogP) is 3.83. The zero-order valence-electron chi connectivity index (χ0n) is 15.4. The fourth-order valence-corrected chi connectivity index (χ4v) is 4.56. The summed E-state index contributed by atoms with van der Waals surface area (Å²) in [5.41, 5.74) is 10.3. The molecule has 0 aromatic heterocycles. The first-order valence-corrected chi connectivity index (χ1v) is 9.84. The smallest absolute Gasteiger partial charge is 0.119 e. The van der Waals surface area contributed by atoms with Crippen LogP contribution in [-0.4, -0.2) is 23.9 Å². The van der Waals surface area contributed by atoms with Gasteiger partial charge < -0.3 is 15.6 Å². The van der Waals surface area contributed by atoms with Crippen molar-refractivity contribution in [2.75, 3.05) is 13.2 Å². The first-order valence-electron chi connectivity index (χ1n) is 9.84. The van der Waals surface area contributed by atoms with E-state index < -0.39 is 0 Å². The third-order valence-corrected chi connectivity index (χ3v) is 6.22. The van der Waals surface area contributed by atoms with Gasteiger partial charge in [-0.2, -0.15) is 0 Å². The summed E-state index contributed by atoms with van der Waals surface area (Å²) in [5, 5.41) is 9.51. The molecule has 1 saturated carbocycles. The molecule has 2 aromatic carbocycles. The summed E-state index contributed by atoms with van der Waals surface area (Å²) in [6, 6.07) is 17.1. The van der Waals surface area contributed by atoms with Gasteiger partial charge in [0.2, 0.25) is 0 Å². The molecule has 3 heteroatoms. The van der Waals surface area contributed by atoms with Crippen molar-refractivity contribution in [1.29, 1.82) is 0 Å². The average molecular weight is 351 g/mol. The van der Waals surface area contributed by atoms with Gasteiger partial charge >= 0.3 is 0 Å². The van der Waals surface area contributed by atoms with Crippen LogP contribution in [0.4, 0.5) is 0 Å². The summed E-state index contributed by atoms with van der Waals surface area (Å²) >= 11 is 0. The maximum absolute atomic E-state index is 9.51. The zero-order chi connectivity index (χ0) is 18.0. The van der Waals surface area contributed by atoms with Crippen molar-refractivity contribution in [1.82, 2.24) is 0 Å². The second-order valence-electron chi connectivity index (χ2n) is 8.22. The van der Waals surface area contributed by atoms with Gasteiger partial charge in [-0.05, 0) is 79.2 Å². The monoisotopic (exact) mass is 351 g/mol. The zero-order valence-corrected chi connectivity index (χ0v) is 15.4. The van der Waals surface area contributed by atoms with Crippen LogP contribution in [0.15, 0.2) is 48.5 Å². The van der Waals surface area contributed by atoms with E-state index in [9.17, 15) is 5.11 Å². The number of aliphatic hydroxyl groups is 1. The standard InChI is InChI=1S/C23H29NO2/c24-23(16-25)11-10-21(14-23)20-9-8-18-12-17(6-7-19(18)13-20)15-26-22-4-2-1-3-5-22/h1-5,8-9,13,17,21,25H,6-7,10-12,14-16,24H2/t17-,21-,23+/m0/s1. The lowest BCUT2D eigenvalue weighted by Crippen LogP contribution is -2.40. The van der Waals surface area contributed by atoms with E-state index in [1.165, 1.54) is 23.1 Å². The molecule has 26 heavy (non-hydrogen) atoms. The van der Waals surface area contributed by atoms with Gasteiger partial charge in [-0.3, -0.25) is 0 Å². The van der Waals surface area contributed by atoms with Crippen molar-refractivity contribution < 1.29 is 9.84 Å². The average Bonchev–Trinajstić information content (AvgIpc) is 3.09. The molecule has 2 aliphatic carbocycles. The summed E-state index contributed by atoms with van der Waals surface area (Å²) in [6.07, 6.45) is 6.33. The van der Waals surface area contributed by atoms with Crippen LogP contribution in [0.25, 0.3) is 0 Å². The van der Waals surface area contributed by atoms with Crippen LogP contribution >= 0.6 is 0 Å². The molecule has 0 aliphatic heterocycles. The lowest BCUT2D eigenvalue weighted by Gasteiger charge is -2.26. The molecule has 0 heterocycles. The number of para-hydroxylation sites is 1. The molecule has 0 saturated heterocycles. The van der Waals surface area contributed by atoms with Gasteiger partial charge in [0.05, 0.1) is 13.2 Å². The van der Waals surface area contributed by atoms with Crippen LogP contribution in [0.3, 0.4) is 0 Å².